The summed E-state index contributed by atoms with van der Waals surface area (Å²) in [6.45, 7) is 3.85. The molecule has 2 aromatic carbocycles. The van der Waals surface area contributed by atoms with Crippen LogP contribution in [0.3, 0.4) is 0 Å². The molecule has 1 aliphatic rings. The van der Waals surface area contributed by atoms with Crippen LogP contribution in [-0.4, -0.2) is 77.1 Å². The van der Waals surface area contributed by atoms with Crippen molar-refractivity contribution in [2.75, 3.05) is 64.3 Å². The van der Waals surface area contributed by atoms with E-state index in [0.717, 1.165) is 22.4 Å². The van der Waals surface area contributed by atoms with E-state index in [4.69, 9.17) is 24.7 Å². The van der Waals surface area contributed by atoms with E-state index in [9.17, 15) is 14.4 Å². The molecule has 214 valence electrons. The summed E-state index contributed by atoms with van der Waals surface area (Å²) in [6, 6.07) is 15.4. The first-order valence-corrected chi connectivity index (χ1v) is 13.4. The Balaban J connectivity index is 1.25. The van der Waals surface area contributed by atoms with E-state index in [0.29, 0.717) is 65.9 Å². The number of para-hydroxylation sites is 1. The number of rotatable bonds is 18. The Morgan fingerprint density at radius 3 is 2.00 bits per heavy atom. The zero-order valence-electron chi connectivity index (χ0n) is 22.7. The first-order chi connectivity index (χ1) is 19.5. The van der Waals surface area contributed by atoms with Gasteiger partial charge in [0.15, 0.2) is 0 Å². The summed E-state index contributed by atoms with van der Waals surface area (Å²) in [6.07, 6.45) is 0.378. The second-order valence-corrected chi connectivity index (χ2v) is 8.92. The number of carbonyl (C=O) groups is 3. The fourth-order valence-electron chi connectivity index (χ4n) is 3.85. The first kappa shape index (κ1) is 30.8. The molecule has 0 spiro atoms. The number of fused-ring (bicyclic) bond motifs is 2. The van der Waals surface area contributed by atoms with Gasteiger partial charge in [0.1, 0.15) is 0 Å². The van der Waals surface area contributed by atoms with Crippen LogP contribution in [-0.2, 0) is 39.9 Å². The zero-order chi connectivity index (χ0) is 28.4. The number of nitrogens with two attached hydrogens (primary N) is 1. The van der Waals surface area contributed by atoms with E-state index in [2.05, 4.69) is 17.2 Å². The summed E-state index contributed by atoms with van der Waals surface area (Å²) < 4.78 is 21.4. The standard InChI is InChI=1S/C30H37N3O7/c31-28(34)13-15-37-17-19-39-21-22-40-20-18-38-16-14-32-29(35)11-12-30(36)33-23-26-7-2-1-5-24(26)9-10-25-6-3-4-8-27(25)33/h1-8H,11-23H2,(H2,31,34)(H,32,35). The normalized spacial score (nSPS) is 11.8. The minimum Gasteiger partial charge on any atom is -0.379 e. The van der Waals surface area contributed by atoms with Crippen molar-refractivity contribution in [2.24, 2.45) is 5.73 Å². The highest BCUT2D eigenvalue weighted by Gasteiger charge is 2.21. The number of primary amides is 1. The van der Waals surface area contributed by atoms with Gasteiger partial charge in [-0.1, -0.05) is 42.2 Å². The highest BCUT2D eigenvalue weighted by Crippen LogP contribution is 2.26. The Hall–Kier alpha value is -3.75. The average molecular weight is 552 g/mol. The maximum atomic E-state index is 13.2. The van der Waals surface area contributed by atoms with E-state index in [1.165, 1.54) is 0 Å². The number of carbonyl (C=O) groups excluding carboxylic acids is 3. The largest absolute Gasteiger partial charge is 0.379 e. The number of ether oxygens (including phenoxy) is 4. The van der Waals surface area contributed by atoms with Gasteiger partial charge in [-0.05, 0) is 23.8 Å². The van der Waals surface area contributed by atoms with Crippen LogP contribution < -0.4 is 16.0 Å². The van der Waals surface area contributed by atoms with Crippen LogP contribution in [0.25, 0.3) is 0 Å². The Kier molecular flexibility index (Phi) is 13.7. The first-order valence-electron chi connectivity index (χ1n) is 13.4. The quantitative estimate of drug-likeness (QED) is 0.213. The van der Waals surface area contributed by atoms with Gasteiger partial charge < -0.3 is 34.9 Å². The summed E-state index contributed by atoms with van der Waals surface area (Å²) in [4.78, 5) is 37.8. The molecule has 3 amide bonds. The predicted molar refractivity (Wildman–Crippen MR) is 149 cm³/mol. The molecule has 0 saturated carbocycles. The number of amides is 3. The van der Waals surface area contributed by atoms with Crippen LogP contribution in [0.2, 0.25) is 0 Å². The van der Waals surface area contributed by atoms with Gasteiger partial charge in [-0.25, -0.2) is 0 Å². The molecule has 0 aromatic heterocycles. The molecule has 1 heterocycles. The van der Waals surface area contributed by atoms with Gasteiger partial charge in [-0.3, -0.25) is 14.4 Å². The number of nitrogens with one attached hydrogen (secondary N) is 1. The lowest BCUT2D eigenvalue weighted by Gasteiger charge is -2.26. The number of benzene rings is 2. The van der Waals surface area contributed by atoms with Crippen molar-refractivity contribution in [1.82, 2.24) is 5.32 Å². The van der Waals surface area contributed by atoms with E-state index in [1.807, 2.05) is 48.5 Å². The van der Waals surface area contributed by atoms with Crippen LogP contribution in [0.1, 0.15) is 36.0 Å². The summed E-state index contributed by atoms with van der Waals surface area (Å²) in [5.41, 5.74) is 8.42. The van der Waals surface area contributed by atoms with Gasteiger partial charge in [0, 0.05) is 36.9 Å². The van der Waals surface area contributed by atoms with E-state index < -0.39 is 0 Å². The van der Waals surface area contributed by atoms with Crippen molar-refractivity contribution in [3.05, 3.63) is 65.2 Å². The molecule has 0 aliphatic carbocycles. The smallest absolute Gasteiger partial charge is 0.227 e. The lowest BCUT2D eigenvalue weighted by atomic mass is 10.0. The minimum atomic E-state index is -0.389. The molecule has 0 saturated heterocycles. The van der Waals surface area contributed by atoms with Gasteiger partial charge in [-0.2, -0.15) is 0 Å². The van der Waals surface area contributed by atoms with Gasteiger partial charge in [0.25, 0.3) is 0 Å². The highest BCUT2D eigenvalue weighted by molar-refractivity contribution is 5.96. The lowest BCUT2D eigenvalue weighted by molar-refractivity contribution is -0.125. The number of anilines is 1. The number of hydrogen-bond donors (Lipinski definition) is 2. The molecule has 3 rings (SSSR count). The van der Waals surface area contributed by atoms with Crippen molar-refractivity contribution in [3.63, 3.8) is 0 Å². The maximum Gasteiger partial charge on any atom is 0.227 e. The van der Waals surface area contributed by atoms with Crippen molar-refractivity contribution in [2.45, 2.75) is 25.8 Å². The average Bonchev–Trinajstić information content (AvgIpc) is 2.95. The predicted octanol–water partition coefficient (Wildman–Crippen LogP) is 1.77. The van der Waals surface area contributed by atoms with Gasteiger partial charge in [0.2, 0.25) is 17.7 Å². The Morgan fingerprint density at radius 2 is 1.30 bits per heavy atom. The molecule has 10 heteroatoms. The zero-order valence-corrected chi connectivity index (χ0v) is 22.7. The molecule has 0 unspecified atom stereocenters. The molecule has 0 bridgehead atoms. The molecular weight excluding hydrogens is 514 g/mol. The molecule has 0 atom stereocenters. The number of hydrogen-bond acceptors (Lipinski definition) is 7. The monoisotopic (exact) mass is 551 g/mol. The van der Waals surface area contributed by atoms with Gasteiger partial charge in [-0.15, -0.1) is 0 Å². The van der Waals surface area contributed by atoms with E-state index in [1.54, 1.807) is 4.90 Å². The summed E-state index contributed by atoms with van der Waals surface area (Å²) in [5, 5.41) is 2.79. The van der Waals surface area contributed by atoms with Crippen LogP contribution in [0.5, 0.6) is 0 Å². The maximum absolute atomic E-state index is 13.2. The van der Waals surface area contributed by atoms with Crippen molar-refractivity contribution in [1.29, 1.82) is 0 Å². The Labute approximate surface area is 235 Å². The molecule has 3 N–H and O–H groups in total. The third-order valence-electron chi connectivity index (χ3n) is 5.92. The summed E-state index contributed by atoms with van der Waals surface area (Å²) in [5.74, 6) is 5.65. The third kappa shape index (κ3) is 11.2. The van der Waals surface area contributed by atoms with Crippen LogP contribution >= 0.6 is 0 Å². The van der Waals surface area contributed by atoms with Gasteiger partial charge in [0.05, 0.1) is 65.1 Å². The second-order valence-electron chi connectivity index (χ2n) is 8.92. The second kappa shape index (κ2) is 17.8. The lowest BCUT2D eigenvalue weighted by Crippen LogP contribution is -2.34. The number of nitrogens with zero attached hydrogens (tertiary/aromatic N) is 1. The van der Waals surface area contributed by atoms with Crippen molar-refractivity contribution >= 4 is 23.4 Å². The molecule has 1 aliphatic heterocycles. The fourth-order valence-corrected chi connectivity index (χ4v) is 3.85. The summed E-state index contributed by atoms with van der Waals surface area (Å²) >= 11 is 0. The van der Waals surface area contributed by atoms with Crippen molar-refractivity contribution < 1.29 is 33.3 Å². The highest BCUT2D eigenvalue weighted by atomic mass is 16.6. The minimum absolute atomic E-state index is 0.0874. The third-order valence-corrected chi connectivity index (χ3v) is 5.92. The summed E-state index contributed by atoms with van der Waals surface area (Å²) in [7, 11) is 0. The molecule has 10 nitrogen and oxygen atoms in total. The van der Waals surface area contributed by atoms with E-state index >= 15 is 0 Å². The van der Waals surface area contributed by atoms with Crippen LogP contribution in [0.4, 0.5) is 5.69 Å². The Morgan fingerprint density at radius 1 is 0.725 bits per heavy atom. The van der Waals surface area contributed by atoms with Crippen LogP contribution in [0.15, 0.2) is 48.5 Å². The van der Waals surface area contributed by atoms with Crippen LogP contribution in [0, 0.1) is 11.8 Å². The Bertz CT molecular complexity index is 1180. The fraction of sp³-hybridized carbons (Fsp3) is 0.433. The molecular formula is C30H37N3O7. The molecule has 2 aromatic rings. The SMILES string of the molecule is NC(=O)CCOCCOCCOCCOCCNC(=O)CCC(=O)N1Cc2ccccc2C#Cc2ccccc21. The van der Waals surface area contributed by atoms with E-state index in [-0.39, 0.29) is 37.0 Å². The van der Waals surface area contributed by atoms with Crippen molar-refractivity contribution in [3.8, 4) is 11.8 Å². The molecule has 0 radical (unpaired) electrons. The topological polar surface area (TPSA) is 129 Å². The molecule has 40 heavy (non-hydrogen) atoms. The van der Waals surface area contributed by atoms with Gasteiger partial charge >= 0.3 is 0 Å². The molecule has 0 fully saturated rings.